The van der Waals surface area contributed by atoms with E-state index in [0.29, 0.717) is 96.4 Å². The van der Waals surface area contributed by atoms with Crippen LogP contribution in [0, 0.1) is 0 Å². The monoisotopic (exact) mass is 680 g/mol. The fourth-order valence-corrected chi connectivity index (χ4v) is 3.99. The molecular formula is C34H43F3N2O9. The average molecular weight is 681 g/mol. The molecule has 3 aromatic rings. The van der Waals surface area contributed by atoms with E-state index in [9.17, 15) is 18.0 Å². The largest absolute Gasteiger partial charge is 0.489 e. The minimum absolute atomic E-state index is 0.000461. The molecule has 3 rings (SSSR count). The predicted molar refractivity (Wildman–Crippen MR) is 173 cm³/mol. The zero-order chi connectivity index (χ0) is 34.3. The highest BCUT2D eigenvalue weighted by atomic mass is 19.4. The van der Waals surface area contributed by atoms with Crippen LogP contribution in [-0.2, 0) is 39.3 Å². The van der Waals surface area contributed by atoms with Crippen molar-refractivity contribution in [2.75, 3.05) is 104 Å². The van der Waals surface area contributed by atoms with E-state index in [1.165, 1.54) is 18.2 Å². The molecule has 48 heavy (non-hydrogen) atoms. The van der Waals surface area contributed by atoms with Gasteiger partial charge in [-0.25, -0.2) is 4.79 Å². The summed E-state index contributed by atoms with van der Waals surface area (Å²) in [5.41, 5.74) is 6.32. The van der Waals surface area contributed by atoms with E-state index in [1.54, 1.807) is 24.3 Å². The number of para-hydroxylation sites is 3. The molecule has 0 atom stereocenters. The molecule has 0 saturated carbocycles. The molecule has 0 radical (unpaired) electrons. The van der Waals surface area contributed by atoms with Gasteiger partial charge in [0.2, 0.25) is 0 Å². The van der Waals surface area contributed by atoms with Crippen LogP contribution in [0.3, 0.4) is 0 Å². The molecular weight excluding hydrogens is 637 g/mol. The van der Waals surface area contributed by atoms with Gasteiger partial charge in [0.1, 0.15) is 19.0 Å². The maximum Gasteiger partial charge on any atom is 0.416 e. The summed E-state index contributed by atoms with van der Waals surface area (Å²) in [5.74, 6) is 0.0167. The first kappa shape index (κ1) is 38.5. The first-order valence-electron chi connectivity index (χ1n) is 15.5. The van der Waals surface area contributed by atoms with E-state index in [4.69, 9.17) is 43.6 Å². The Hall–Kier alpha value is -3.92. The first-order chi connectivity index (χ1) is 23.3. The molecule has 14 heteroatoms. The third-order valence-corrected chi connectivity index (χ3v) is 6.34. The van der Waals surface area contributed by atoms with E-state index < -0.39 is 17.7 Å². The Morgan fingerprint density at radius 1 is 0.604 bits per heavy atom. The van der Waals surface area contributed by atoms with E-state index in [1.807, 2.05) is 18.2 Å². The number of hydrogen-bond donors (Lipinski definition) is 2. The Balaban J connectivity index is 1.08. The average Bonchev–Trinajstić information content (AvgIpc) is 3.07. The van der Waals surface area contributed by atoms with Gasteiger partial charge in [-0.2, -0.15) is 13.2 Å². The van der Waals surface area contributed by atoms with Crippen LogP contribution in [0.15, 0.2) is 72.8 Å². The number of alkyl halides is 3. The van der Waals surface area contributed by atoms with Crippen molar-refractivity contribution in [3.05, 3.63) is 83.9 Å². The number of anilines is 3. The van der Waals surface area contributed by atoms with E-state index >= 15 is 0 Å². The van der Waals surface area contributed by atoms with Crippen LogP contribution in [-0.4, -0.2) is 98.5 Å². The van der Waals surface area contributed by atoms with Crippen LogP contribution < -0.4 is 15.8 Å². The Kier molecular flexibility index (Phi) is 18.2. The molecule has 0 aromatic heterocycles. The van der Waals surface area contributed by atoms with E-state index in [0.717, 1.165) is 12.1 Å². The van der Waals surface area contributed by atoms with Crippen LogP contribution in [0.4, 0.5) is 30.2 Å². The van der Waals surface area contributed by atoms with Crippen molar-refractivity contribution >= 4 is 23.0 Å². The summed E-state index contributed by atoms with van der Waals surface area (Å²) >= 11 is 0. The van der Waals surface area contributed by atoms with E-state index in [-0.39, 0.29) is 24.5 Å². The molecule has 0 aliphatic carbocycles. The predicted octanol–water partition coefficient (Wildman–Crippen LogP) is 5.37. The van der Waals surface area contributed by atoms with Crippen molar-refractivity contribution in [2.24, 2.45) is 0 Å². The normalized spacial score (nSPS) is 11.4. The summed E-state index contributed by atoms with van der Waals surface area (Å²) in [6.45, 7) is 5.13. The van der Waals surface area contributed by atoms with Gasteiger partial charge >= 0.3 is 12.1 Å². The molecule has 0 saturated heterocycles. The van der Waals surface area contributed by atoms with Crippen LogP contribution in [0.25, 0.3) is 0 Å². The maximum absolute atomic E-state index is 13.0. The lowest BCUT2D eigenvalue weighted by Gasteiger charge is -2.13. The minimum Gasteiger partial charge on any atom is -0.489 e. The number of nitrogens with two attached hydrogens (primary N) is 1. The molecule has 0 spiro atoms. The Labute approximate surface area is 278 Å². The number of esters is 1. The molecule has 264 valence electrons. The molecule has 3 N–H and O–H groups in total. The number of nitrogen functional groups attached to an aromatic ring is 1. The van der Waals surface area contributed by atoms with Crippen molar-refractivity contribution in [1.82, 2.24) is 0 Å². The van der Waals surface area contributed by atoms with Crippen molar-refractivity contribution in [1.29, 1.82) is 0 Å². The summed E-state index contributed by atoms with van der Waals surface area (Å²) in [5, 5.41) is 2.86. The quantitative estimate of drug-likeness (QED) is 0.0681. The lowest BCUT2D eigenvalue weighted by atomic mass is 10.1. The molecule has 0 aliphatic heterocycles. The molecule has 0 amide bonds. The number of halogens is 3. The van der Waals surface area contributed by atoms with Gasteiger partial charge in [-0.3, -0.25) is 0 Å². The summed E-state index contributed by atoms with van der Waals surface area (Å²) in [6, 6.07) is 18.4. The number of nitrogens with one attached hydrogen (secondary N) is 1. The van der Waals surface area contributed by atoms with Crippen molar-refractivity contribution in [3.63, 3.8) is 0 Å². The molecule has 0 heterocycles. The Morgan fingerprint density at radius 3 is 1.67 bits per heavy atom. The van der Waals surface area contributed by atoms with Crippen molar-refractivity contribution in [3.8, 4) is 5.75 Å². The number of carbonyl (C=O) groups is 1. The van der Waals surface area contributed by atoms with Gasteiger partial charge in [-0.15, -0.1) is 0 Å². The van der Waals surface area contributed by atoms with Crippen molar-refractivity contribution < 1.29 is 55.9 Å². The molecule has 0 fully saturated rings. The lowest BCUT2D eigenvalue weighted by molar-refractivity contribution is -0.137. The molecule has 0 unspecified atom stereocenters. The number of carbonyl (C=O) groups excluding carboxylic acids is 1. The second kappa shape index (κ2) is 22.6. The van der Waals surface area contributed by atoms with Crippen molar-refractivity contribution in [2.45, 2.75) is 6.18 Å². The Morgan fingerprint density at radius 2 is 1.10 bits per heavy atom. The summed E-state index contributed by atoms with van der Waals surface area (Å²) < 4.78 is 82.6. The molecule has 11 nitrogen and oxygen atoms in total. The third kappa shape index (κ3) is 15.8. The van der Waals surface area contributed by atoms with Gasteiger partial charge in [-0.1, -0.05) is 30.3 Å². The van der Waals surface area contributed by atoms with Crippen LogP contribution in [0.1, 0.15) is 15.9 Å². The fourth-order valence-electron chi connectivity index (χ4n) is 3.99. The second-order valence-electron chi connectivity index (χ2n) is 9.95. The highest BCUT2D eigenvalue weighted by Gasteiger charge is 2.30. The van der Waals surface area contributed by atoms with Gasteiger partial charge in [0.05, 0.1) is 102 Å². The smallest absolute Gasteiger partial charge is 0.416 e. The number of hydrogen-bond acceptors (Lipinski definition) is 11. The molecule has 0 aliphatic rings. The topological polar surface area (TPSA) is 129 Å². The summed E-state index contributed by atoms with van der Waals surface area (Å²) in [7, 11) is 0. The zero-order valence-corrected chi connectivity index (χ0v) is 26.7. The van der Waals surface area contributed by atoms with Gasteiger partial charge < -0.3 is 48.9 Å². The molecule has 0 bridgehead atoms. The highest BCUT2D eigenvalue weighted by molar-refractivity contribution is 5.96. The van der Waals surface area contributed by atoms with Gasteiger partial charge in [0.15, 0.2) is 0 Å². The number of rotatable bonds is 25. The number of ether oxygens (including phenoxy) is 8. The van der Waals surface area contributed by atoms with E-state index in [2.05, 4.69) is 5.32 Å². The summed E-state index contributed by atoms with van der Waals surface area (Å²) in [6.07, 6.45) is -4.48. The second-order valence-corrected chi connectivity index (χ2v) is 9.95. The van der Waals surface area contributed by atoms with Crippen LogP contribution >= 0.6 is 0 Å². The fraction of sp³-hybridized carbons (Fsp3) is 0.441. The SMILES string of the molecule is Nc1ccccc1OCCOCCOCCOCCOCCOCCOCCOC(=O)c1ccccc1Nc1cccc(C(F)(F)F)c1. The van der Waals surface area contributed by atoms with Gasteiger partial charge in [0, 0.05) is 5.69 Å². The lowest BCUT2D eigenvalue weighted by Crippen LogP contribution is -2.16. The highest BCUT2D eigenvalue weighted by Crippen LogP contribution is 2.32. The number of benzene rings is 3. The third-order valence-electron chi connectivity index (χ3n) is 6.34. The van der Waals surface area contributed by atoms with Gasteiger partial charge in [-0.05, 0) is 42.5 Å². The molecule has 3 aromatic carbocycles. The maximum atomic E-state index is 13.0. The zero-order valence-electron chi connectivity index (χ0n) is 26.7. The summed E-state index contributed by atoms with van der Waals surface area (Å²) in [4.78, 5) is 12.6. The van der Waals surface area contributed by atoms with Gasteiger partial charge in [0.25, 0.3) is 0 Å². The standard InChI is InChI=1S/C34H43F3N2O9/c35-34(36,37)27-6-5-7-28(26-27)39-31-10-3-1-8-29(31)33(40)48-25-23-46-21-19-44-17-15-42-13-12-41-14-16-43-18-20-45-22-24-47-32-11-4-2-9-30(32)38/h1-11,26,39H,12-25,38H2. The first-order valence-corrected chi connectivity index (χ1v) is 15.5. The van der Waals surface area contributed by atoms with Crippen LogP contribution in [0.5, 0.6) is 5.75 Å². The minimum atomic E-state index is -4.48. The Bertz CT molecular complexity index is 1330. The van der Waals surface area contributed by atoms with Crippen LogP contribution in [0.2, 0.25) is 0 Å².